The van der Waals surface area contributed by atoms with Gasteiger partial charge in [-0.1, -0.05) is 31.8 Å². The molecule has 11 heteroatoms. The van der Waals surface area contributed by atoms with Crippen LogP contribution in [0.1, 0.15) is 26.3 Å². The third-order valence-corrected chi connectivity index (χ3v) is 7.78. The van der Waals surface area contributed by atoms with Crippen molar-refractivity contribution in [3.05, 3.63) is 52.8 Å². The molecule has 0 saturated carbocycles. The number of nitrogens with one attached hydrogen (secondary N) is 1. The van der Waals surface area contributed by atoms with Crippen LogP contribution in [0.4, 0.5) is 4.79 Å². The fourth-order valence-electron chi connectivity index (χ4n) is 3.57. The van der Waals surface area contributed by atoms with Gasteiger partial charge in [0.05, 0.1) is 5.39 Å². The van der Waals surface area contributed by atoms with Gasteiger partial charge in [-0.25, -0.2) is 14.6 Å². The van der Waals surface area contributed by atoms with Crippen LogP contribution >= 0.6 is 15.9 Å². The molecule has 0 fully saturated rings. The molecule has 1 unspecified atom stereocenters. The molecule has 3 aromatic rings. The van der Waals surface area contributed by atoms with E-state index in [-0.39, 0.29) is 6.42 Å². The van der Waals surface area contributed by atoms with E-state index in [0.29, 0.717) is 24.8 Å². The molecule has 0 aliphatic carbocycles. The van der Waals surface area contributed by atoms with Gasteiger partial charge in [0, 0.05) is 38.0 Å². The lowest BCUT2D eigenvalue weighted by atomic mass is 10.1. The molecule has 0 radical (unpaired) electrons. The van der Waals surface area contributed by atoms with Gasteiger partial charge < -0.3 is 29.2 Å². The second-order valence-corrected chi connectivity index (χ2v) is 17.8. The van der Waals surface area contributed by atoms with E-state index in [2.05, 4.69) is 45.9 Å². The number of hydrogen-bond acceptors (Lipinski definition) is 6. The molecule has 0 aliphatic heterocycles. The number of carboxylic acids is 1. The summed E-state index contributed by atoms with van der Waals surface area (Å²) in [6, 6.07) is 8.83. The normalized spacial score (nSPS) is 12.8. The molecule has 1 amide bonds. The monoisotopic (exact) mass is 605 g/mol. The number of rotatable bonds is 11. The SMILES string of the molecule is CC(C)(C)OC(=O)NC(Cc1ccc(Oc2ccnc3c2c(Br)cn3COCC[Si](C)(C)C)cc1)C(=O)O. The standard InChI is InChI=1S/C27H36BrN3O6Si/c1-27(2,3)37-26(34)30-21(25(32)33)15-18-7-9-19(10-8-18)36-22-11-12-29-24-23(22)20(28)16-31(24)17-35-13-14-38(4,5)6/h7-12,16,21H,13-15,17H2,1-6H3,(H,30,34)(H,32,33). The van der Waals surface area contributed by atoms with Crippen LogP contribution in [0.3, 0.4) is 0 Å². The minimum atomic E-state index is -1.16. The first kappa shape index (κ1) is 29.7. The number of fused-ring (bicyclic) bond motifs is 1. The molecule has 38 heavy (non-hydrogen) atoms. The summed E-state index contributed by atoms with van der Waals surface area (Å²) in [5, 5.41) is 12.8. The van der Waals surface area contributed by atoms with Crippen molar-refractivity contribution >= 4 is 47.1 Å². The fourth-order valence-corrected chi connectivity index (χ4v) is 4.95. The summed E-state index contributed by atoms with van der Waals surface area (Å²) in [7, 11) is -1.16. The van der Waals surface area contributed by atoms with E-state index in [9.17, 15) is 14.7 Å². The Morgan fingerprint density at radius 3 is 2.45 bits per heavy atom. The summed E-state index contributed by atoms with van der Waals surface area (Å²) in [6.45, 7) is 13.2. The Morgan fingerprint density at radius 2 is 1.84 bits per heavy atom. The Morgan fingerprint density at radius 1 is 1.16 bits per heavy atom. The van der Waals surface area contributed by atoms with Crippen LogP contribution in [0.25, 0.3) is 11.0 Å². The lowest BCUT2D eigenvalue weighted by Gasteiger charge is -2.22. The molecule has 0 aliphatic rings. The summed E-state index contributed by atoms with van der Waals surface area (Å²) in [6.07, 6.45) is 2.95. The minimum Gasteiger partial charge on any atom is -0.480 e. The Bertz CT molecular complexity index is 1260. The van der Waals surface area contributed by atoms with Gasteiger partial charge in [0.15, 0.2) is 0 Å². The number of hydrogen-bond donors (Lipinski definition) is 2. The first-order valence-corrected chi connectivity index (χ1v) is 16.9. The zero-order valence-corrected chi connectivity index (χ0v) is 25.3. The van der Waals surface area contributed by atoms with Crippen LogP contribution in [0.5, 0.6) is 11.5 Å². The van der Waals surface area contributed by atoms with Crippen molar-refractivity contribution < 1.29 is 28.9 Å². The van der Waals surface area contributed by atoms with Crippen molar-refractivity contribution in [2.24, 2.45) is 0 Å². The van der Waals surface area contributed by atoms with E-state index in [1.807, 2.05) is 10.8 Å². The summed E-state index contributed by atoms with van der Waals surface area (Å²) >= 11 is 3.62. The number of carbonyl (C=O) groups excluding carboxylic acids is 1. The van der Waals surface area contributed by atoms with Gasteiger partial charge in [-0.3, -0.25) is 0 Å². The van der Waals surface area contributed by atoms with Gasteiger partial charge in [-0.05, 0) is 66.5 Å². The number of pyridine rings is 1. The van der Waals surface area contributed by atoms with E-state index in [1.54, 1.807) is 57.3 Å². The number of aromatic nitrogens is 2. The number of amides is 1. The molecule has 1 aromatic carbocycles. The first-order valence-electron chi connectivity index (χ1n) is 12.4. The molecule has 3 rings (SSSR count). The predicted molar refractivity (Wildman–Crippen MR) is 153 cm³/mol. The molecule has 2 aromatic heterocycles. The average Bonchev–Trinajstić information content (AvgIpc) is 3.12. The van der Waals surface area contributed by atoms with Crippen LogP contribution in [-0.4, -0.2) is 53.0 Å². The number of aliphatic carboxylic acids is 1. The number of ether oxygens (including phenoxy) is 3. The maximum atomic E-state index is 12.0. The third-order valence-electron chi connectivity index (χ3n) is 5.48. The molecule has 0 bridgehead atoms. The van der Waals surface area contributed by atoms with Crippen LogP contribution in [0.15, 0.2) is 47.2 Å². The molecule has 0 saturated heterocycles. The number of halogens is 1. The highest BCUT2D eigenvalue weighted by Crippen LogP contribution is 2.35. The minimum absolute atomic E-state index is 0.0977. The Kier molecular flexibility index (Phi) is 9.61. The van der Waals surface area contributed by atoms with Crippen molar-refractivity contribution in [1.29, 1.82) is 0 Å². The zero-order valence-electron chi connectivity index (χ0n) is 22.7. The van der Waals surface area contributed by atoms with Gasteiger partial charge in [-0.2, -0.15) is 0 Å². The topological polar surface area (TPSA) is 112 Å². The second-order valence-electron chi connectivity index (χ2n) is 11.3. The van der Waals surface area contributed by atoms with Gasteiger partial charge in [0.25, 0.3) is 0 Å². The number of carbonyl (C=O) groups is 2. The summed E-state index contributed by atoms with van der Waals surface area (Å²) in [4.78, 5) is 28.2. The molecule has 0 spiro atoms. The van der Waals surface area contributed by atoms with Gasteiger partial charge in [0.1, 0.15) is 35.5 Å². The Labute approximate surface area is 232 Å². The van der Waals surface area contributed by atoms with E-state index >= 15 is 0 Å². The van der Waals surface area contributed by atoms with Crippen molar-refractivity contribution in [2.75, 3.05) is 6.61 Å². The van der Waals surface area contributed by atoms with Gasteiger partial charge in [0.2, 0.25) is 0 Å². The van der Waals surface area contributed by atoms with E-state index in [4.69, 9.17) is 14.2 Å². The summed E-state index contributed by atoms with van der Waals surface area (Å²) in [5.41, 5.74) is 0.751. The summed E-state index contributed by atoms with van der Waals surface area (Å²) < 4.78 is 20.0. The highest BCUT2D eigenvalue weighted by Gasteiger charge is 2.24. The van der Waals surface area contributed by atoms with Crippen LogP contribution in [0.2, 0.25) is 25.7 Å². The summed E-state index contributed by atoms with van der Waals surface area (Å²) in [5.74, 6) is 0.0685. The lowest BCUT2D eigenvalue weighted by molar-refractivity contribution is -0.139. The van der Waals surface area contributed by atoms with Gasteiger partial charge in [-0.15, -0.1) is 0 Å². The molecular weight excluding hydrogens is 570 g/mol. The van der Waals surface area contributed by atoms with Crippen LogP contribution < -0.4 is 10.1 Å². The Balaban J connectivity index is 1.68. The van der Waals surface area contributed by atoms with Crippen molar-refractivity contribution in [3.63, 3.8) is 0 Å². The van der Waals surface area contributed by atoms with E-state index in [0.717, 1.165) is 27.1 Å². The molecule has 1 atom stereocenters. The van der Waals surface area contributed by atoms with E-state index < -0.39 is 31.8 Å². The fraction of sp³-hybridized carbons (Fsp3) is 0.444. The maximum Gasteiger partial charge on any atom is 0.408 e. The number of alkyl carbamates (subject to hydrolysis) is 1. The lowest BCUT2D eigenvalue weighted by Crippen LogP contribution is -2.44. The number of nitrogens with zero attached hydrogens (tertiary/aromatic N) is 2. The average molecular weight is 607 g/mol. The quantitative estimate of drug-likeness (QED) is 0.191. The van der Waals surface area contributed by atoms with Crippen molar-refractivity contribution in [1.82, 2.24) is 14.9 Å². The largest absolute Gasteiger partial charge is 0.480 e. The van der Waals surface area contributed by atoms with E-state index in [1.165, 1.54) is 0 Å². The van der Waals surface area contributed by atoms with Crippen LogP contribution in [-0.2, 0) is 27.4 Å². The smallest absolute Gasteiger partial charge is 0.408 e. The first-order chi connectivity index (χ1) is 17.7. The molecule has 2 heterocycles. The highest BCUT2D eigenvalue weighted by molar-refractivity contribution is 9.10. The molecule has 206 valence electrons. The second kappa shape index (κ2) is 12.3. The highest BCUT2D eigenvalue weighted by atomic mass is 79.9. The van der Waals surface area contributed by atoms with Crippen molar-refractivity contribution in [2.45, 2.75) is 71.3 Å². The number of carboxylic acid groups (broad SMARTS) is 1. The number of benzene rings is 1. The molecule has 2 N–H and O–H groups in total. The van der Waals surface area contributed by atoms with Gasteiger partial charge >= 0.3 is 12.1 Å². The zero-order chi connectivity index (χ0) is 28.1. The predicted octanol–water partition coefficient (Wildman–Crippen LogP) is 6.42. The van der Waals surface area contributed by atoms with Crippen molar-refractivity contribution in [3.8, 4) is 11.5 Å². The Hall–Kier alpha value is -2.89. The third kappa shape index (κ3) is 8.85. The molecular formula is C27H36BrN3O6Si. The maximum absolute atomic E-state index is 12.0. The van der Waals surface area contributed by atoms with Crippen LogP contribution in [0, 0.1) is 0 Å². The molecule has 9 nitrogen and oxygen atoms in total.